The summed E-state index contributed by atoms with van der Waals surface area (Å²) in [7, 11) is 0. The molecule has 0 aliphatic heterocycles. The Labute approximate surface area is 189 Å². The Morgan fingerprint density at radius 1 is 1.09 bits per heavy atom. The lowest BCUT2D eigenvalue weighted by atomic mass is 10.0. The van der Waals surface area contributed by atoms with E-state index in [2.05, 4.69) is 5.32 Å². The molecule has 0 saturated carbocycles. The number of thiophene rings is 1. The molecule has 0 fully saturated rings. The van der Waals surface area contributed by atoms with Crippen molar-refractivity contribution in [3.05, 3.63) is 84.2 Å². The van der Waals surface area contributed by atoms with E-state index in [0.717, 1.165) is 23.5 Å². The second kappa shape index (κ2) is 9.54. The van der Waals surface area contributed by atoms with Crippen molar-refractivity contribution >= 4 is 51.2 Å². The zero-order chi connectivity index (χ0) is 23.4. The Balaban J connectivity index is 2.05. The van der Waals surface area contributed by atoms with E-state index in [1.807, 2.05) is 6.07 Å². The molecule has 164 valence electrons. The minimum Gasteiger partial charge on any atom is -0.462 e. The highest BCUT2D eigenvalue weighted by molar-refractivity contribution is 7.15. The van der Waals surface area contributed by atoms with E-state index in [0.29, 0.717) is 11.1 Å². The van der Waals surface area contributed by atoms with Gasteiger partial charge in [-0.05, 0) is 12.5 Å². The molecule has 1 N–H and O–H groups in total. The maximum Gasteiger partial charge on any atom is 0.341 e. The van der Waals surface area contributed by atoms with Crippen LogP contribution in [0.2, 0.25) is 5.02 Å². The molecule has 0 radical (unpaired) electrons. The zero-order valence-corrected chi connectivity index (χ0v) is 17.9. The van der Waals surface area contributed by atoms with Crippen molar-refractivity contribution in [3.8, 4) is 11.1 Å². The standard InChI is InChI=1S/C20H14ClN3O7S/c1-2-31-20(26)16-13(11-6-4-3-5-7-11)10-32-19(16)22-18(25)12-8-14(23(27)28)17(21)15(9-12)24(29)30/h3-10H,2H2,1H3,(H,22,25). The topological polar surface area (TPSA) is 142 Å². The number of esters is 1. The van der Waals surface area contributed by atoms with E-state index in [4.69, 9.17) is 16.3 Å². The van der Waals surface area contributed by atoms with Gasteiger partial charge in [0.15, 0.2) is 5.02 Å². The number of amides is 1. The van der Waals surface area contributed by atoms with Crippen molar-refractivity contribution in [1.82, 2.24) is 0 Å². The van der Waals surface area contributed by atoms with Gasteiger partial charge in [-0.2, -0.15) is 0 Å². The van der Waals surface area contributed by atoms with Crippen molar-refractivity contribution in [1.29, 1.82) is 0 Å². The summed E-state index contributed by atoms with van der Waals surface area (Å²) in [6.45, 7) is 1.74. The first-order valence-corrected chi connectivity index (χ1v) is 10.3. The third kappa shape index (κ3) is 4.58. The van der Waals surface area contributed by atoms with Crippen molar-refractivity contribution in [2.45, 2.75) is 6.92 Å². The number of nitrogens with zero attached hydrogens (tertiary/aromatic N) is 2. The molecule has 1 amide bonds. The molecule has 1 aromatic heterocycles. The number of nitro benzene ring substituents is 2. The number of hydrogen-bond acceptors (Lipinski definition) is 8. The van der Waals surface area contributed by atoms with Crippen LogP contribution in [0.3, 0.4) is 0 Å². The molecule has 0 unspecified atom stereocenters. The van der Waals surface area contributed by atoms with Crippen LogP contribution in [0.15, 0.2) is 47.8 Å². The minimum absolute atomic E-state index is 0.103. The van der Waals surface area contributed by atoms with Gasteiger partial charge >= 0.3 is 5.97 Å². The molecule has 0 aliphatic rings. The number of anilines is 1. The summed E-state index contributed by atoms with van der Waals surface area (Å²) in [5, 5.41) is 26.0. The van der Waals surface area contributed by atoms with E-state index >= 15 is 0 Å². The molecular formula is C20H14ClN3O7S. The van der Waals surface area contributed by atoms with Crippen LogP contribution in [0.25, 0.3) is 11.1 Å². The highest BCUT2D eigenvalue weighted by Gasteiger charge is 2.28. The number of benzene rings is 2. The molecule has 32 heavy (non-hydrogen) atoms. The van der Waals surface area contributed by atoms with Gasteiger partial charge in [0.25, 0.3) is 17.3 Å². The van der Waals surface area contributed by atoms with Crippen molar-refractivity contribution in [2.24, 2.45) is 0 Å². The smallest absolute Gasteiger partial charge is 0.341 e. The lowest BCUT2D eigenvalue weighted by molar-refractivity contribution is -0.393. The molecule has 10 nitrogen and oxygen atoms in total. The number of halogens is 1. The van der Waals surface area contributed by atoms with Crippen molar-refractivity contribution in [2.75, 3.05) is 11.9 Å². The third-order valence-electron chi connectivity index (χ3n) is 4.27. The van der Waals surface area contributed by atoms with Crippen LogP contribution < -0.4 is 5.32 Å². The number of carbonyl (C=O) groups is 2. The zero-order valence-electron chi connectivity index (χ0n) is 16.4. The number of ether oxygens (including phenoxy) is 1. The van der Waals surface area contributed by atoms with Crippen LogP contribution in [0.5, 0.6) is 0 Å². The molecule has 0 aliphatic carbocycles. The average molecular weight is 476 g/mol. The number of hydrogen-bond donors (Lipinski definition) is 1. The van der Waals surface area contributed by atoms with Crippen LogP contribution in [-0.4, -0.2) is 28.3 Å². The second-order valence-electron chi connectivity index (χ2n) is 6.24. The molecule has 0 bridgehead atoms. The van der Waals surface area contributed by atoms with Gasteiger partial charge in [-0.3, -0.25) is 25.0 Å². The normalized spacial score (nSPS) is 10.4. The van der Waals surface area contributed by atoms with Crippen LogP contribution in [0.4, 0.5) is 16.4 Å². The van der Waals surface area contributed by atoms with E-state index in [9.17, 15) is 29.8 Å². The molecule has 0 spiro atoms. The number of rotatable bonds is 7. The first-order chi connectivity index (χ1) is 15.2. The largest absolute Gasteiger partial charge is 0.462 e. The summed E-state index contributed by atoms with van der Waals surface area (Å²) in [6, 6.07) is 10.6. The Hall–Kier alpha value is -3.83. The Morgan fingerprint density at radius 2 is 1.69 bits per heavy atom. The van der Waals surface area contributed by atoms with Crippen molar-refractivity contribution < 1.29 is 24.2 Å². The average Bonchev–Trinajstić information content (AvgIpc) is 3.17. The molecule has 2 aromatic carbocycles. The number of carbonyl (C=O) groups excluding carboxylic acids is 2. The van der Waals surface area contributed by atoms with Gasteiger partial charge in [0.1, 0.15) is 10.6 Å². The summed E-state index contributed by atoms with van der Waals surface area (Å²) in [6.07, 6.45) is 0. The van der Waals surface area contributed by atoms with Crippen LogP contribution in [0, 0.1) is 20.2 Å². The monoisotopic (exact) mass is 475 g/mol. The van der Waals surface area contributed by atoms with Gasteiger partial charge < -0.3 is 10.1 Å². The van der Waals surface area contributed by atoms with E-state index in [1.54, 1.807) is 36.6 Å². The molecule has 3 rings (SSSR count). The summed E-state index contributed by atoms with van der Waals surface area (Å²) in [5.41, 5.74) is -0.588. The molecule has 12 heteroatoms. The molecular weight excluding hydrogens is 462 g/mol. The fourth-order valence-electron chi connectivity index (χ4n) is 2.85. The third-order valence-corrected chi connectivity index (χ3v) is 5.55. The quantitative estimate of drug-likeness (QED) is 0.277. The molecule has 0 saturated heterocycles. The predicted molar refractivity (Wildman–Crippen MR) is 118 cm³/mol. The minimum atomic E-state index is -0.922. The van der Waals surface area contributed by atoms with E-state index in [-0.39, 0.29) is 22.7 Å². The Morgan fingerprint density at radius 3 is 2.22 bits per heavy atom. The highest BCUT2D eigenvalue weighted by atomic mass is 35.5. The fourth-order valence-corrected chi connectivity index (χ4v) is 4.05. The second-order valence-corrected chi connectivity index (χ2v) is 7.49. The molecule has 1 heterocycles. The first-order valence-electron chi connectivity index (χ1n) is 9.02. The van der Waals surface area contributed by atoms with Gasteiger partial charge in [-0.25, -0.2) is 4.79 Å². The van der Waals surface area contributed by atoms with Gasteiger partial charge in [0.05, 0.1) is 22.0 Å². The lowest BCUT2D eigenvalue weighted by Gasteiger charge is -2.09. The Kier molecular flexibility index (Phi) is 6.81. The number of nitrogens with one attached hydrogen (secondary N) is 1. The number of nitro groups is 2. The van der Waals surface area contributed by atoms with E-state index in [1.165, 1.54) is 0 Å². The van der Waals surface area contributed by atoms with Crippen LogP contribution >= 0.6 is 22.9 Å². The first kappa shape index (κ1) is 22.8. The highest BCUT2D eigenvalue weighted by Crippen LogP contribution is 2.38. The lowest BCUT2D eigenvalue weighted by Crippen LogP contribution is -2.15. The van der Waals surface area contributed by atoms with Crippen molar-refractivity contribution in [3.63, 3.8) is 0 Å². The maximum atomic E-state index is 12.8. The van der Waals surface area contributed by atoms with Gasteiger partial charge in [-0.15, -0.1) is 11.3 Å². The van der Waals surface area contributed by atoms with E-state index < -0.39 is 38.1 Å². The summed E-state index contributed by atoms with van der Waals surface area (Å²) < 4.78 is 5.11. The van der Waals surface area contributed by atoms with Crippen LogP contribution in [-0.2, 0) is 4.74 Å². The predicted octanol–water partition coefficient (Wildman–Crippen LogP) is 5.31. The summed E-state index contributed by atoms with van der Waals surface area (Å²) in [4.78, 5) is 46.0. The fraction of sp³-hybridized carbons (Fsp3) is 0.100. The van der Waals surface area contributed by atoms with Gasteiger partial charge in [0.2, 0.25) is 0 Å². The summed E-state index contributed by atoms with van der Waals surface area (Å²) >= 11 is 6.78. The molecule has 0 atom stereocenters. The summed E-state index contributed by atoms with van der Waals surface area (Å²) in [5.74, 6) is -1.56. The van der Waals surface area contributed by atoms with Gasteiger partial charge in [0, 0.05) is 23.1 Å². The maximum absolute atomic E-state index is 12.8. The van der Waals surface area contributed by atoms with Gasteiger partial charge in [-0.1, -0.05) is 41.9 Å². The SMILES string of the molecule is CCOC(=O)c1c(-c2ccccc2)csc1NC(=O)c1cc([N+](=O)[O-])c(Cl)c([N+](=O)[O-])c1. The molecule has 3 aromatic rings. The van der Waals surface area contributed by atoms with Crippen LogP contribution in [0.1, 0.15) is 27.6 Å². The Bertz CT molecular complexity index is 1190.